The average molecular weight is 162 g/mol. The molecule has 0 amide bonds. The van der Waals surface area contributed by atoms with Gasteiger partial charge in [0.25, 0.3) is 0 Å². The third-order valence-electron chi connectivity index (χ3n) is 1.46. The summed E-state index contributed by atoms with van der Waals surface area (Å²) < 4.78 is 0. The van der Waals surface area contributed by atoms with Crippen molar-refractivity contribution in [3.63, 3.8) is 0 Å². The molecule has 0 saturated carbocycles. The summed E-state index contributed by atoms with van der Waals surface area (Å²) >= 11 is 1.96. The Morgan fingerprint density at radius 3 is 2.20 bits per heavy atom. The lowest BCUT2D eigenvalue weighted by atomic mass is 10.1. The Labute approximate surface area is 66.0 Å². The summed E-state index contributed by atoms with van der Waals surface area (Å²) in [6.07, 6.45) is 3.31. The number of hydrogen-bond donors (Lipinski definition) is 1. The van der Waals surface area contributed by atoms with Gasteiger partial charge in [0, 0.05) is 13.0 Å². The lowest BCUT2D eigenvalue weighted by Crippen LogP contribution is -2.09. The lowest BCUT2D eigenvalue weighted by molar-refractivity contribution is -0.111. The summed E-state index contributed by atoms with van der Waals surface area (Å²) in [4.78, 5) is 10.2. The quantitative estimate of drug-likeness (QED) is 0.583. The van der Waals surface area contributed by atoms with Gasteiger partial charge in [0.1, 0.15) is 6.29 Å². The zero-order chi connectivity index (χ0) is 7.82. The SMILES string of the molecule is CO.O=CC1CCSCC1. The Morgan fingerprint density at radius 2 is 1.90 bits per heavy atom. The van der Waals surface area contributed by atoms with Crippen LogP contribution in [-0.4, -0.2) is 30.0 Å². The van der Waals surface area contributed by atoms with E-state index in [9.17, 15) is 4.79 Å². The maximum absolute atomic E-state index is 10.2. The fourth-order valence-electron chi connectivity index (χ4n) is 0.852. The molecule has 1 rings (SSSR count). The molecule has 0 aliphatic carbocycles. The fourth-order valence-corrected chi connectivity index (χ4v) is 1.99. The molecule has 0 bridgehead atoms. The van der Waals surface area contributed by atoms with Crippen LogP contribution in [0.3, 0.4) is 0 Å². The number of thioether (sulfide) groups is 1. The van der Waals surface area contributed by atoms with Crippen molar-refractivity contribution in [2.75, 3.05) is 18.6 Å². The zero-order valence-electron chi connectivity index (χ0n) is 6.25. The standard InChI is InChI=1S/C6H10OS.CH4O/c7-5-6-1-3-8-4-2-6;1-2/h5-6H,1-4H2;2H,1H3. The maximum Gasteiger partial charge on any atom is 0.123 e. The second-order valence-electron chi connectivity index (χ2n) is 2.09. The smallest absolute Gasteiger partial charge is 0.123 e. The highest BCUT2D eigenvalue weighted by Gasteiger charge is 2.10. The van der Waals surface area contributed by atoms with Crippen molar-refractivity contribution in [3.8, 4) is 0 Å². The first-order valence-electron chi connectivity index (χ1n) is 3.41. The van der Waals surface area contributed by atoms with Crippen molar-refractivity contribution >= 4 is 18.0 Å². The van der Waals surface area contributed by atoms with Crippen LogP contribution in [0, 0.1) is 5.92 Å². The third-order valence-corrected chi connectivity index (χ3v) is 2.51. The van der Waals surface area contributed by atoms with Gasteiger partial charge in [-0.15, -0.1) is 0 Å². The van der Waals surface area contributed by atoms with Gasteiger partial charge in [0.05, 0.1) is 0 Å². The van der Waals surface area contributed by atoms with Crippen LogP contribution in [0.15, 0.2) is 0 Å². The summed E-state index contributed by atoms with van der Waals surface area (Å²) in [6, 6.07) is 0. The Bertz CT molecular complexity index is 79.7. The Morgan fingerprint density at radius 1 is 1.40 bits per heavy atom. The Balaban J connectivity index is 0.000000371. The summed E-state index contributed by atoms with van der Waals surface area (Å²) in [5.74, 6) is 2.75. The summed E-state index contributed by atoms with van der Waals surface area (Å²) in [6.45, 7) is 0. The molecule has 1 aliphatic rings. The van der Waals surface area contributed by atoms with Crippen LogP contribution in [0.2, 0.25) is 0 Å². The summed E-state index contributed by atoms with van der Waals surface area (Å²) in [5, 5.41) is 7.00. The molecule has 0 unspecified atom stereocenters. The minimum absolute atomic E-state index is 0.385. The van der Waals surface area contributed by atoms with E-state index in [-0.39, 0.29) is 0 Å². The van der Waals surface area contributed by atoms with Gasteiger partial charge in [-0.2, -0.15) is 11.8 Å². The molecular weight excluding hydrogens is 148 g/mol. The maximum atomic E-state index is 10.2. The van der Waals surface area contributed by atoms with E-state index in [2.05, 4.69) is 0 Å². The second-order valence-corrected chi connectivity index (χ2v) is 3.31. The molecule has 0 atom stereocenters. The first-order valence-corrected chi connectivity index (χ1v) is 4.56. The normalized spacial score (nSPS) is 19.0. The van der Waals surface area contributed by atoms with Crippen LogP contribution >= 0.6 is 11.8 Å². The number of carbonyl (C=O) groups is 1. The van der Waals surface area contributed by atoms with Crippen molar-refractivity contribution < 1.29 is 9.90 Å². The molecule has 1 heterocycles. The van der Waals surface area contributed by atoms with Crippen LogP contribution in [0.25, 0.3) is 0 Å². The van der Waals surface area contributed by atoms with Crippen LogP contribution in [0.1, 0.15) is 12.8 Å². The molecule has 0 radical (unpaired) electrons. The van der Waals surface area contributed by atoms with Crippen LogP contribution < -0.4 is 0 Å². The zero-order valence-corrected chi connectivity index (χ0v) is 7.06. The van der Waals surface area contributed by atoms with Crippen LogP contribution in [0.5, 0.6) is 0 Å². The van der Waals surface area contributed by atoms with Crippen molar-refractivity contribution in [3.05, 3.63) is 0 Å². The highest BCUT2D eigenvalue weighted by molar-refractivity contribution is 7.99. The van der Waals surface area contributed by atoms with Crippen LogP contribution in [-0.2, 0) is 4.79 Å². The molecule has 0 aromatic heterocycles. The predicted octanol–water partition coefficient (Wildman–Crippen LogP) is 0.937. The van der Waals surface area contributed by atoms with Gasteiger partial charge >= 0.3 is 0 Å². The number of aliphatic hydroxyl groups is 1. The first kappa shape index (κ1) is 9.98. The lowest BCUT2D eigenvalue weighted by Gasteiger charge is -2.14. The Kier molecular flexibility index (Phi) is 7.08. The highest BCUT2D eigenvalue weighted by atomic mass is 32.2. The number of aldehydes is 1. The molecule has 1 aliphatic heterocycles. The molecule has 0 spiro atoms. The van der Waals surface area contributed by atoms with Gasteiger partial charge in [-0.25, -0.2) is 0 Å². The summed E-state index contributed by atoms with van der Waals surface area (Å²) in [7, 11) is 1.00. The van der Waals surface area contributed by atoms with Gasteiger partial charge in [0.15, 0.2) is 0 Å². The van der Waals surface area contributed by atoms with E-state index in [0.29, 0.717) is 5.92 Å². The van der Waals surface area contributed by atoms with Gasteiger partial charge in [-0.1, -0.05) is 0 Å². The summed E-state index contributed by atoms with van der Waals surface area (Å²) in [5.41, 5.74) is 0. The molecule has 3 heteroatoms. The van der Waals surface area contributed by atoms with E-state index in [1.807, 2.05) is 11.8 Å². The molecule has 2 nitrogen and oxygen atoms in total. The van der Waals surface area contributed by atoms with Gasteiger partial charge in [-0.05, 0) is 24.3 Å². The van der Waals surface area contributed by atoms with E-state index in [1.54, 1.807) is 0 Å². The van der Waals surface area contributed by atoms with E-state index in [0.717, 1.165) is 26.2 Å². The number of rotatable bonds is 1. The highest BCUT2D eigenvalue weighted by Crippen LogP contribution is 2.20. The topological polar surface area (TPSA) is 37.3 Å². The molecular formula is C7H14O2S. The molecule has 0 aromatic carbocycles. The van der Waals surface area contributed by atoms with Gasteiger partial charge in [0.2, 0.25) is 0 Å². The van der Waals surface area contributed by atoms with E-state index < -0.39 is 0 Å². The molecule has 1 saturated heterocycles. The van der Waals surface area contributed by atoms with E-state index in [4.69, 9.17) is 5.11 Å². The molecule has 10 heavy (non-hydrogen) atoms. The van der Waals surface area contributed by atoms with Crippen molar-refractivity contribution in [2.45, 2.75) is 12.8 Å². The minimum Gasteiger partial charge on any atom is -0.400 e. The number of aliphatic hydroxyl groups excluding tert-OH is 1. The third kappa shape index (κ3) is 3.90. The number of carbonyl (C=O) groups excluding carboxylic acids is 1. The Hall–Kier alpha value is -0.0200. The molecule has 60 valence electrons. The van der Waals surface area contributed by atoms with Gasteiger partial charge < -0.3 is 9.90 Å². The van der Waals surface area contributed by atoms with Crippen molar-refractivity contribution in [1.29, 1.82) is 0 Å². The molecule has 1 N–H and O–H groups in total. The first-order chi connectivity index (χ1) is 4.93. The average Bonchev–Trinajstić information content (AvgIpc) is 2.10. The predicted molar refractivity (Wildman–Crippen MR) is 44.3 cm³/mol. The van der Waals surface area contributed by atoms with Gasteiger partial charge in [-0.3, -0.25) is 0 Å². The van der Waals surface area contributed by atoms with E-state index in [1.165, 1.54) is 11.5 Å². The van der Waals surface area contributed by atoms with Crippen molar-refractivity contribution in [1.82, 2.24) is 0 Å². The monoisotopic (exact) mass is 162 g/mol. The largest absolute Gasteiger partial charge is 0.400 e. The van der Waals surface area contributed by atoms with E-state index >= 15 is 0 Å². The molecule has 0 aromatic rings. The fraction of sp³-hybridized carbons (Fsp3) is 0.857. The second kappa shape index (κ2) is 7.09. The minimum atomic E-state index is 0.385. The van der Waals surface area contributed by atoms with Crippen molar-refractivity contribution in [2.24, 2.45) is 5.92 Å². The molecule has 1 fully saturated rings. The number of hydrogen-bond acceptors (Lipinski definition) is 3. The van der Waals surface area contributed by atoms with Crippen LogP contribution in [0.4, 0.5) is 0 Å².